The van der Waals surface area contributed by atoms with Crippen LogP contribution in [0.1, 0.15) is 57.0 Å². The Morgan fingerprint density at radius 2 is 1.93 bits per heavy atom. The van der Waals surface area contributed by atoms with E-state index in [1.165, 1.54) is 5.56 Å². The van der Waals surface area contributed by atoms with Gasteiger partial charge in [0, 0.05) is 18.8 Å². The summed E-state index contributed by atoms with van der Waals surface area (Å²) < 4.78 is 2.24. The Balaban J connectivity index is 1.57. The van der Waals surface area contributed by atoms with Crippen LogP contribution < -0.4 is 5.32 Å². The zero-order valence-electron chi connectivity index (χ0n) is 16.9. The van der Waals surface area contributed by atoms with E-state index in [4.69, 9.17) is 4.98 Å². The molecule has 1 unspecified atom stereocenters. The quantitative estimate of drug-likeness (QED) is 0.649. The van der Waals surface area contributed by atoms with Gasteiger partial charge in [-0.15, -0.1) is 0 Å². The van der Waals surface area contributed by atoms with E-state index in [9.17, 15) is 4.79 Å². The monoisotopic (exact) mass is 376 g/mol. The van der Waals surface area contributed by atoms with Crippen molar-refractivity contribution in [3.8, 4) is 0 Å². The number of aryl methyl sites for hydroxylation is 1. The predicted octanol–water partition coefficient (Wildman–Crippen LogP) is 5.55. The molecule has 2 amide bonds. The second kappa shape index (κ2) is 7.66. The maximum Gasteiger partial charge on any atom is 0.322 e. The summed E-state index contributed by atoms with van der Waals surface area (Å²) in [4.78, 5) is 19.8. The van der Waals surface area contributed by atoms with Crippen LogP contribution in [0.15, 0.2) is 48.5 Å². The first-order chi connectivity index (χ1) is 13.6. The summed E-state index contributed by atoms with van der Waals surface area (Å²) in [7, 11) is 0. The van der Waals surface area contributed by atoms with Gasteiger partial charge in [-0.25, -0.2) is 9.78 Å². The molecule has 0 spiro atoms. The van der Waals surface area contributed by atoms with E-state index in [0.29, 0.717) is 5.92 Å². The molecule has 2 heterocycles. The molecule has 1 aromatic heterocycles. The molecule has 1 aliphatic heterocycles. The fourth-order valence-electron chi connectivity index (χ4n) is 4.11. The summed E-state index contributed by atoms with van der Waals surface area (Å²) in [5.41, 5.74) is 4.24. The van der Waals surface area contributed by atoms with Gasteiger partial charge in [-0.2, -0.15) is 0 Å². The minimum absolute atomic E-state index is 0.0160. The molecule has 146 valence electrons. The number of anilines is 1. The van der Waals surface area contributed by atoms with Gasteiger partial charge in [-0.1, -0.05) is 38.1 Å². The summed E-state index contributed by atoms with van der Waals surface area (Å²) in [5, 5.41) is 3.07. The van der Waals surface area contributed by atoms with Gasteiger partial charge in [0.15, 0.2) is 0 Å². The molecule has 0 bridgehead atoms. The zero-order valence-corrected chi connectivity index (χ0v) is 16.9. The van der Waals surface area contributed by atoms with Crippen molar-refractivity contribution in [1.29, 1.82) is 0 Å². The average molecular weight is 377 g/mol. The third kappa shape index (κ3) is 3.37. The fourth-order valence-corrected chi connectivity index (χ4v) is 4.11. The number of nitrogens with one attached hydrogen (secondary N) is 1. The van der Waals surface area contributed by atoms with Gasteiger partial charge in [0.2, 0.25) is 0 Å². The highest BCUT2D eigenvalue weighted by Crippen LogP contribution is 2.34. The van der Waals surface area contributed by atoms with Crippen molar-refractivity contribution in [1.82, 2.24) is 14.5 Å². The van der Waals surface area contributed by atoms with Gasteiger partial charge in [-0.05, 0) is 55.5 Å². The number of amides is 2. The van der Waals surface area contributed by atoms with Gasteiger partial charge >= 0.3 is 6.03 Å². The molecule has 5 heteroatoms. The minimum Gasteiger partial charge on any atom is -0.327 e. The molecule has 1 saturated heterocycles. The molecule has 28 heavy (non-hydrogen) atoms. The highest BCUT2D eigenvalue weighted by molar-refractivity contribution is 5.90. The fraction of sp³-hybridized carbons (Fsp3) is 0.391. The Labute approximate surface area is 166 Å². The summed E-state index contributed by atoms with van der Waals surface area (Å²) >= 11 is 0. The van der Waals surface area contributed by atoms with Crippen LogP contribution in [-0.4, -0.2) is 27.0 Å². The number of likely N-dealkylation sites (tertiary alicyclic amines) is 1. The molecule has 1 fully saturated rings. The lowest BCUT2D eigenvalue weighted by Gasteiger charge is -2.25. The Morgan fingerprint density at radius 3 is 2.64 bits per heavy atom. The number of hydrogen-bond donors (Lipinski definition) is 1. The van der Waals surface area contributed by atoms with Crippen molar-refractivity contribution in [2.75, 3.05) is 11.9 Å². The van der Waals surface area contributed by atoms with E-state index in [1.807, 2.05) is 35.2 Å². The molecule has 0 aliphatic carbocycles. The Hall–Kier alpha value is -2.82. The smallest absolute Gasteiger partial charge is 0.322 e. The highest BCUT2D eigenvalue weighted by Gasteiger charge is 2.33. The molecule has 4 rings (SSSR count). The normalized spacial score (nSPS) is 16.9. The van der Waals surface area contributed by atoms with Crippen LogP contribution in [0.4, 0.5) is 10.5 Å². The van der Waals surface area contributed by atoms with Crippen LogP contribution >= 0.6 is 0 Å². The summed E-state index contributed by atoms with van der Waals surface area (Å²) in [6.07, 6.45) is 1.94. The summed E-state index contributed by atoms with van der Waals surface area (Å²) in [6.45, 7) is 8.07. The van der Waals surface area contributed by atoms with Crippen molar-refractivity contribution in [3.63, 3.8) is 0 Å². The van der Waals surface area contributed by atoms with Gasteiger partial charge in [0.1, 0.15) is 5.82 Å². The van der Waals surface area contributed by atoms with Crippen LogP contribution in [0.2, 0.25) is 0 Å². The average Bonchev–Trinajstić information content (AvgIpc) is 3.32. The molecule has 2 aromatic carbocycles. The van der Waals surface area contributed by atoms with Gasteiger partial charge in [-0.3, -0.25) is 0 Å². The van der Waals surface area contributed by atoms with E-state index in [-0.39, 0.29) is 12.1 Å². The number of nitrogens with zero attached hydrogens (tertiary/aromatic N) is 3. The molecule has 1 atom stereocenters. The first-order valence-corrected chi connectivity index (χ1v) is 10.2. The zero-order chi connectivity index (χ0) is 19.7. The van der Waals surface area contributed by atoms with Crippen LogP contribution in [-0.2, 0) is 6.54 Å². The van der Waals surface area contributed by atoms with E-state index in [2.05, 4.69) is 48.9 Å². The number of para-hydroxylation sites is 2. The number of carbonyl (C=O) groups excluding carboxylic acids is 1. The number of fused-ring (bicyclic) bond motifs is 1. The number of hydrogen-bond acceptors (Lipinski definition) is 2. The Bertz CT molecular complexity index is 974. The summed E-state index contributed by atoms with van der Waals surface area (Å²) in [5.74, 6) is 1.47. The van der Waals surface area contributed by atoms with Crippen molar-refractivity contribution < 1.29 is 4.79 Å². The van der Waals surface area contributed by atoms with Crippen molar-refractivity contribution in [3.05, 3.63) is 59.9 Å². The van der Waals surface area contributed by atoms with Crippen LogP contribution in [0.3, 0.4) is 0 Å². The molecule has 1 N–H and O–H groups in total. The molecular weight excluding hydrogens is 348 g/mol. The number of benzene rings is 2. The Kier molecular flexibility index (Phi) is 5.07. The van der Waals surface area contributed by atoms with Crippen molar-refractivity contribution in [2.24, 2.45) is 0 Å². The largest absolute Gasteiger partial charge is 0.327 e. The SMILES string of the molecule is CCn1c(C2CCCN2C(=O)Nc2ccc(C(C)C)cc2)nc2ccccc21. The summed E-state index contributed by atoms with van der Waals surface area (Å²) in [6, 6.07) is 16.3. The molecule has 5 nitrogen and oxygen atoms in total. The number of carbonyl (C=O) groups is 1. The van der Waals surface area contributed by atoms with Crippen LogP contribution in [0, 0.1) is 0 Å². The number of aromatic nitrogens is 2. The topological polar surface area (TPSA) is 50.2 Å². The van der Waals surface area contributed by atoms with E-state index in [0.717, 1.165) is 48.5 Å². The van der Waals surface area contributed by atoms with Crippen LogP contribution in [0.25, 0.3) is 11.0 Å². The number of rotatable bonds is 4. The lowest BCUT2D eigenvalue weighted by atomic mass is 10.0. The number of urea groups is 1. The lowest BCUT2D eigenvalue weighted by Crippen LogP contribution is -2.35. The third-order valence-electron chi connectivity index (χ3n) is 5.64. The second-order valence-corrected chi connectivity index (χ2v) is 7.76. The maximum atomic E-state index is 13.0. The van der Waals surface area contributed by atoms with Gasteiger partial charge in [0.05, 0.1) is 17.1 Å². The predicted molar refractivity (Wildman–Crippen MR) is 114 cm³/mol. The van der Waals surface area contributed by atoms with Crippen molar-refractivity contribution >= 4 is 22.8 Å². The van der Waals surface area contributed by atoms with E-state index in [1.54, 1.807) is 0 Å². The maximum absolute atomic E-state index is 13.0. The second-order valence-electron chi connectivity index (χ2n) is 7.76. The van der Waals surface area contributed by atoms with Gasteiger partial charge < -0.3 is 14.8 Å². The van der Waals surface area contributed by atoms with Crippen LogP contribution in [0.5, 0.6) is 0 Å². The molecule has 3 aromatic rings. The first-order valence-electron chi connectivity index (χ1n) is 10.2. The first kappa shape index (κ1) is 18.5. The third-order valence-corrected chi connectivity index (χ3v) is 5.64. The molecular formula is C23H28N4O. The minimum atomic E-state index is -0.0468. The van der Waals surface area contributed by atoms with E-state index < -0.39 is 0 Å². The molecule has 0 radical (unpaired) electrons. The lowest BCUT2D eigenvalue weighted by molar-refractivity contribution is 0.204. The molecule has 0 saturated carbocycles. The Morgan fingerprint density at radius 1 is 1.18 bits per heavy atom. The number of imidazole rings is 1. The highest BCUT2D eigenvalue weighted by atomic mass is 16.2. The van der Waals surface area contributed by atoms with E-state index >= 15 is 0 Å². The van der Waals surface area contributed by atoms with Gasteiger partial charge in [0.25, 0.3) is 0 Å². The standard InChI is InChI=1S/C23H28N4O/c1-4-26-20-9-6-5-8-19(20)25-22(26)21-10-7-15-27(21)23(28)24-18-13-11-17(12-14-18)16(2)3/h5-6,8-9,11-14,16,21H,4,7,10,15H2,1-3H3,(H,24,28). The van der Waals surface area contributed by atoms with Crippen molar-refractivity contribution in [2.45, 2.75) is 52.1 Å². The molecule has 1 aliphatic rings.